The summed E-state index contributed by atoms with van der Waals surface area (Å²) in [5.74, 6) is 0.253. The number of amides is 1. The summed E-state index contributed by atoms with van der Waals surface area (Å²) >= 11 is 0. The number of carbonyl (C=O) groups is 1. The maximum absolute atomic E-state index is 12.3. The fourth-order valence-electron chi connectivity index (χ4n) is 3.02. The van der Waals surface area contributed by atoms with Gasteiger partial charge in [0, 0.05) is 20.2 Å². The van der Waals surface area contributed by atoms with E-state index in [9.17, 15) is 4.79 Å². The predicted octanol–water partition coefficient (Wildman–Crippen LogP) is 1.55. The minimum absolute atomic E-state index is 0.145. The van der Waals surface area contributed by atoms with Gasteiger partial charge in [0.1, 0.15) is 0 Å². The Morgan fingerprint density at radius 3 is 2.72 bits per heavy atom. The number of rotatable bonds is 4. The van der Waals surface area contributed by atoms with E-state index in [0.717, 1.165) is 45.2 Å². The summed E-state index contributed by atoms with van der Waals surface area (Å²) < 4.78 is 5.55. The Balaban J connectivity index is 1.87. The minimum Gasteiger partial charge on any atom is -0.378 e. The number of nitrogens with one attached hydrogen (secondary N) is 1. The minimum atomic E-state index is -0.145. The van der Waals surface area contributed by atoms with Crippen LogP contribution in [0.2, 0.25) is 0 Å². The first-order chi connectivity index (χ1) is 8.67. The van der Waals surface area contributed by atoms with Crippen LogP contribution in [0.5, 0.6) is 0 Å². The molecule has 0 radical (unpaired) electrons. The third kappa shape index (κ3) is 3.04. The molecule has 0 aromatic heterocycles. The van der Waals surface area contributed by atoms with Gasteiger partial charge in [-0.1, -0.05) is 0 Å². The summed E-state index contributed by atoms with van der Waals surface area (Å²) in [4.78, 5) is 14.3. The van der Waals surface area contributed by atoms with Crippen LogP contribution < -0.4 is 5.32 Å². The van der Waals surface area contributed by atoms with E-state index < -0.39 is 0 Å². The second-order valence-corrected chi connectivity index (χ2v) is 5.76. The van der Waals surface area contributed by atoms with Gasteiger partial charge in [-0.3, -0.25) is 4.79 Å². The summed E-state index contributed by atoms with van der Waals surface area (Å²) in [6, 6.07) is 0.404. The van der Waals surface area contributed by atoms with Crippen molar-refractivity contribution in [1.82, 2.24) is 10.2 Å². The highest BCUT2D eigenvalue weighted by molar-refractivity contribution is 5.77. The molecule has 18 heavy (non-hydrogen) atoms. The Morgan fingerprint density at radius 2 is 2.11 bits per heavy atom. The van der Waals surface area contributed by atoms with Gasteiger partial charge < -0.3 is 15.0 Å². The fraction of sp³-hybridized carbons (Fsp3) is 0.929. The van der Waals surface area contributed by atoms with Crippen molar-refractivity contribution in [3.05, 3.63) is 0 Å². The van der Waals surface area contributed by atoms with Gasteiger partial charge in [-0.2, -0.15) is 0 Å². The molecular formula is C14H26N2O2. The van der Waals surface area contributed by atoms with Gasteiger partial charge in [0.2, 0.25) is 5.91 Å². The van der Waals surface area contributed by atoms with Gasteiger partial charge in [-0.25, -0.2) is 0 Å². The van der Waals surface area contributed by atoms with Gasteiger partial charge in [-0.15, -0.1) is 0 Å². The third-order valence-corrected chi connectivity index (χ3v) is 4.66. The average molecular weight is 254 g/mol. The van der Waals surface area contributed by atoms with Crippen LogP contribution in [0.1, 0.15) is 44.9 Å². The summed E-state index contributed by atoms with van der Waals surface area (Å²) in [6.07, 6.45) is 7.18. The molecule has 1 heterocycles. The zero-order chi connectivity index (χ0) is 13.0. The highest BCUT2D eigenvalue weighted by Crippen LogP contribution is 2.38. The Labute approximate surface area is 110 Å². The van der Waals surface area contributed by atoms with Crippen molar-refractivity contribution in [3.8, 4) is 0 Å². The van der Waals surface area contributed by atoms with Crippen LogP contribution in [0.4, 0.5) is 0 Å². The number of hydrogen-bond donors (Lipinski definition) is 1. The zero-order valence-electron chi connectivity index (χ0n) is 11.7. The van der Waals surface area contributed by atoms with E-state index in [1.165, 1.54) is 6.42 Å². The van der Waals surface area contributed by atoms with Crippen molar-refractivity contribution in [2.24, 2.45) is 0 Å². The molecule has 104 valence electrons. The number of methoxy groups -OCH3 is 1. The fourth-order valence-corrected chi connectivity index (χ4v) is 3.02. The smallest absolute Gasteiger partial charge is 0.225 e. The Morgan fingerprint density at radius 1 is 1.33 bits per heavy atom. The highest BCUT2D eigenvalue weighted by Gasteiger charge is 2.40. The first kappa shape index (κ1) is 13.8. The molecule has 2 fully saturated rings. The molecule has 4 heteroatoms. The van der Waals surface area contributed by atoms with Crippen molar-refractivity contribution in [3.63, 3.8) is 0 Å². The molecule has 1 saturated carbocycles. The van der Waals surface area contributed by atoms with Crippen molar-refractivity contribution >= 4 is 5.91 Å². The molecule has 1 saturated heterocycles. The Kier molecular flexibility index (Phi) is 4.62. The van der Waals surface area contributed by atoms with Crippen LogP contribution in [-0.4, -0.2) is 49.7 Å². The normalized spacial score (nSPS) is 27.1. The molecule has 0 aromatic rings. The van der Waals surface area contributed by atoms with Crippen LogP contribution in [0.3, 0.4) is 0 Å². The standard InChI is InChI=1S/C14H26N2O2/c1-16(12-5-3-9-15-10-6-12)13(17)11-14(18-2)7-4-8-14/h12,15H,3-11H2,1-2H3. The number of nitrogens with zero attached hydrogens (tertiary/aromatic N) is 1. The predicted molar refractivity (Wildman–Crippen MR) is 71.5 cm³/mol. The molecule has 0 aromatic carbocycles. The van der Waals surface area contributed by atoms with Crippen molar-refractivity contribution < 1.29 is 9.53 Å². The van der Waals surface area contributed by atoms with Crippen LogP contribution in [0, 0.1) is 0 Å². The summed E-state index contributed by atoms with van der Waals surface area (Å²) in [6.45, 7) is 2.11. The first-order valence-electron chi connectivity index (χ1n) is 7.18. The lowest BCUT2D eigenvalue weighted by molar-refractivity contribution is -0.145. The first-order valence-corrected chi connectivity index (χ1v) is 7.18. The summed E-state index contributed by atoms with van der Waals surface area (Å²) in [5, 5.41) is 3.39. The van der Waals surface area contributed by atoms with E-state index in [1.54, 1.807) is 7.11 Å². The molecule has 0 bridgehead atoms. The monoisotopic (exact) mass is 254 g/mol. The molecule has 1 aliphatic heterocycles. The summed E-state index contributed by atoms with van der Waals surface area (Å²) in [7, 11) is 3.70. The highest BCUT2D eigenvalue weighted by atomic mass is 16.5. The lowest BCUT2D eigenvalue weighted by Gasteiger charge is -2.41. The van der Waals surface area contributed by atoms with Crippen LogP contribution in [-0.2, 0) is 9.53 Å². The lowest BCUT2D eigenvalue weighted by Crippen LogP contribution is -2.46. The van der Waals surface area contributed by atoms with Crippen LogP contribution >= 0.6 is 0 Å². The Bertz CT molecular complexity index is 276. The van der Waals surface area contributed by atoms with Gasteiger partial charge >= 0.3 is 0 Å². The molecule has 2 rings (SSSR count). The molecule has 1 unspecified atom stereocenters. The molecule has 1 amide bonds. The quantitative estimate of drug-likeness (QED) is 0.827. The molecule has 4 nitrogen and oxygen atoms in total. The largest absolute Gasteiger partial charge is 0.378 e. The molecule has 1 aliphatic carbocycles. The van der Waals surface area contributed by atoms with Crippen molar-refractivity contribution in [1.29, 1.82) is 0 Å². The maximum atomic E-state index is 12.3. The number of ether oxygens (including phenoxy) is 1. The van der Waals surface area contributed by atoms with E-state index in [-0.39, 0.29) is 11.5 Å². The maximum Gasteiger partial charge on any atom is 0.225 e. The number of carbonyl (C=O) groups excluding carboxylic acids is 1. The van der Waals surface area contributed by atoms with Crippen LogP contribution in [0.25, 0.3) is 0 Å². The van der Waals surface area contributed by atoms with Gasteiger partial charge in [-0.05, 0) is 51.6 Å². The zero-order valence-corrected chi connectivity index (χ0v) is 11.7. The van der Waals surface area contributed by atoms with Gasteiger partial charge in [0.15, 0.2) is 0 Å². The van der Waals surface area contributed by atoms with Crippen molar-refractivity contribution in [2.75, 3.05) is 27.2 Å². The van der Waals surface area contributed by atoms with E-state index in [2.05, 4.69) is 5.32 Å². The Hall–Kier alpha value is -0.610. The third-order valence-electron chi connectivity index (χ3n) is 4.66. The second kappa shape index (κ2) is 6.02. The molecular weight excluding hydrogens is 228 g/mol. The average Bonchev–Trinajstić information content (AvgIpc) is 2.61. The SMILES string of the molecule is COC1(CC(=O)N(C)C2CCCNCC2)CCC1. The van der Waals surface area contributed by atoms with Gasteiger partial charge in [0.25, 0.3) is 0 Å². The summed E-state index contributed by atoms with van der Waals surface area (Å²) in [5.41, 5.74) is -0.145. The molecule has 0 spiro atoms. The van der Waals surface area contributed by atoms with Crippen molar-refractivity contribution in [2.45, 2.75) is 56.6 Å². The lowest BCUT2D eigenvalue weighted by atomic mass is 9.77. The molecule has 1 atom stereocenters. The topological polar surface area (TPSA) is 41.6 Å². The van der Waals surface area contributed by atoms with Gasteiger partial charge in [0.05, 0.1) is 12.0 Å². The molecule has 1 N–H and O–H groups in total. The molecule has 2 aliphatic rings. The van der Waals surface area contributed by atoms with Crippen LogP contribution in [0.15, 0.2) is 0 Å². The van der Waals surface area contributed by atoms with E-state index in [1.807, 2.05) is 11.9 Å². The van der Waals surface area contributed by atoms with E-state index >= 15 is 0 Å². The number of hydrogen-bond acceptors (Lipinski definition) is 3. The second-order valence-electron chi connectivity index (χ2n) is 5.76. The van der Waals surface area contributed by atoms with E-state index in [4.69, 9.17) is 4.74 Å². The van der Waals surface area contributed by atoms with E-state index in [0.29, 0.717) is 12.5 Å².